The normalized spacial score (nSPS) is 17.4. The standard InChI is InChI=1S/C14H9N6O3.Na/c15-8-17-14-7-16-10-5-13(20(22)23)12(6-11(10)18-14)19-3-1-9(21)2-4-19;/h1-7,16H,(H,17,18);. The molecular weight excluding hydrogens is 323 g/mol. The summed E-state index contributed by atoms with van der Waals surface area (Å²) in [6.07, 6.45) is 4.67. The van der Waals surface area contributed by atoms with E-state index in [4.69, 9.17) is 5.26 Å². The summed E-state index contributed by atoms with van der Waals surface area (Å²) < 4.78 is 1.35. The molecule has 10 heteroatoms. The second kappa shape index (κ2) is 6.45. The number of nitro groups is 1. The number of aromatic nitrogens is 1. The van der Waals surface area contributed by atoms with Gasteiger partial charge in [-0.3, -0.25) is 0 Å². The monoisotopic (exact) mass is 332 g/mol. The number of pyridine rings is 1. The van der Waals surface area contributed by atoms with E-state index in [0.29, 0.717) is 50.8 Å². The van der Waals surface area contributed by atoms with Crippen LogP contribution in [-0.2, 0) is 0 Å². The number of nitrogens with one attached hydrogen (secondary N) is 2. The summed E-state index contributed by atoms with van der Waals surface area (Å²) in [4.78, 5) is 25.9. The molecule has 0 fully saturated rings. The third kappa shape index (κ3) is 3.03. The zero-order valence-corrected chi connectivity index (χ0v) is 14.6. The molecule has 0 amide bonds. The van der Waals surface area contributed by atoms with E-state index >= 15 is 0 Å². The first kappa shape index (κ1) is 16.2. The molecule has 0 radical (unpaired) electrons. The first-order valence-corrected chi connectivity index (χ1v) is 8.16. The van der Waals surface area contributed by atoms with E-state index in [2.05, 4.69) is 15.6 Å². The van der Waals surface area contributed by atoms with Gasteiger partial charge in [-0.05, 0) is 0 Å². The Kier molecular flexibility index (Phi) is 4.35. The van der Waals surface area contributed by atoms with Crippen molar-refractivity contribution in [3.63, 3.8) is 0 Å². The average Bonchev–Trinajstić information content (AvgIpc) is 2.55. The summed E-state index contributed by atoms with van der Waals surface area (Å²) in [5.41, 5.74) is 1.17. The Morgan fingerprint density at radius 1 is 1.33 bits per heavy atom. The molecular formula is C14H9N6NaO3. The Hall–Kier alpha value is -2.67. The van der Waals surface area contributed by atoms with Crippen LogP contribution in [-0.4, -0.2) is 46.5 Å². The van der Waals surface area contributed by atoms with E-state index in [-0.39, 0.29) is 14.4 Å². The summed E-state index contributed by atoms with van der Waals surface area (Å²) in [7, 11) is 0. The number of rotatable bonds is 2. The summed E-state index contributed by atoms with van der Waals surface area (Å²) >= 11 is 0.668. The predicted molar refractivity (Wildman–Crippen MR) is 88.5 cm³/mol. The van der Waals surface area contributed by atoms with Crippen molar-refractivity contribution in [2.75, 3.05) is 10.6 Å². The van der Waals surface area contributed by atoms with Crippen LogP contribution in [0.15, 0.2) is 46.4 Å². The zero-order chi connectivity index (χ0) is 17.3. The molecule has 0 spiro atoms. The van der Waals surface area contributed by atoms with E-state index in [0.717, 1.165) is 0 Å². The topological polar surface area (TPSA) is 125 Å². The van der Waals surface area contributed by atoms with Crippen molar-refractivity contribution in [3.8, 4) is 11.9 Å². The van der Waals surface area contributed by atoms with Gasteiger partial charge in [0.25, 0.3) is 0 Å². The van der Waals surface area contributed by atoms with Gasteiger partial charge < -0.3 is 0 Å². The van der Waals surface area contributed by atoms with Crippen molar-refractivity contribution in [1.29, 1.82) is 5.26 Å². The number of hydrogen-bond acceptors (Lipinski definition) is 6. The van der Waals surface area contributed by atoms with Gasteiger partial charge in [-0.15, -0.1) is 0 Å². The molecule has 9 nitrogen and oxygen atoms in total. The molecule has 0 saturated carbocycles. The van der Waals surface area contributed by atoms with Gasteiger partial charge in [0.1, 0.15) is 0 Å². The first-order chi connectivity index (χ1) is 11.5. The molecule has 2 N–H and O–H groups in total. The van der Waals surface area contributed by atoms with Crippen LogP contribution in [0.1, 0.15) is 0 Å². The fourth-order valence-electron chi connectivity index (χ4n) is 2.45. The first-order valence-electron chi connectivity index (χ1n) is 7.01. The van der Waals surface area contributed by atoms with E-state index in [9.17, 15) is 14.9 Å². The number of nitriles is 1. The van der Waals surface area contributed by atoms with Gasteiger partial charge in [-0.2, -0.15) is 0 Å². The summed E-state index contributed by atoms with van der Waals surface area (Å²) in [6.45, 7) is 0. The van der Waals surface area contributed by atoms with Crippen LogP contribution >= 0.6 is 0 Å². The van der Waals surface area contributed by atoms with Crippen molar-refractivity contribution < 1.29 is 4.92 Å². The number of fused-ring (bicyclic) bond motifs is 1. The van der Waals surface area contributed by atoms with Crippen molar-refractivity contribution in [3.05, 3.63) is 57.0 Å². The number of nitrogens with zero attached hydrogens (tertiary/aromatic N) is 4. The van der Waals surface area contributed by atoms with Crippen LogP contribution < -0.4 is 16.1 Å². The van der Waals surface area contributed by atoms with Crippen molar-refractivity contribution >= 4 is 50.8 Å². The summed E-state index contributed by atoms with van der Waals surface area (Å²) in [6, 6.07) is 5.67. The summed E-state index contributed by atoms with van der Waals surface area (Å²) in [5.74, 6) is 0.483. The van der Waals surface area contributed by atoms with E-state index < -0.39 is 4.92 Å². The van der Waals surface area contributed by atoms with Crippen molar-refractivity contribution in [2.24, 2.45) is 4.99 Å². The minimum atomic E-state index is -0.476. The second-order valence-electron chi connectivity index (χ2n) is 5.17. The molecule has 1 aromatic carbocycles. The number of aliphatic imine (C=N–C) groups is 1. The number of anilines is 2. The molecule has 1 aromatic heterocycles. The SMILES string of the molecule is N#CN=C1Nc2cc(-n3ccc(=O)cc3)c([N+](=O)[O-])cc2N[CH]1[Na]. The molecule has 0 bridgehead atoms. The molecule has 2 aromatic rings. The van der Waals surface area contributed by atoms with Crippen LogP contribution in [0.3, 0.4) is 0 Å². The fraction of sp³-hybridized carbons (Fsp3) is 0.0714. The number of benzene rings is 1. The molecule has 1 aliphatic heterocycles. The van der Waals surface area contributed by atoms with Crippen LogP contribution in [0, 0.1) is 21.6 Å². The quantitative estimate of drug-likeness (QED) is 0.365. The Morgan fingerprint density at radius 2 is 2.04 bits per heavy atom. The van der Waals surface area contributed by atoms with Gasteiger partial charge in [0.2, 0.25) is 0 Å². The number of hydrogen-bond donors (Lipinski definition) is 2. The van der Waals surface area contributed by atoms with E-state index in [1.807, 2.05) is 0 Å². The van der Waals surface area contributed by atoms with Gasteiger partial charge in [0, 0.05) is 0 Å². The number of nitro benzene ring substituents is 1. The molecule has 1 aliphatic rings. The zero-order valence-electron chi connectivity index (χ0n) is 12.6. The van der Waals surface area contributed by atoms with Gasteiger partial charge in [-0.1, -0.05) is 0 Å². The van der Waals surface area contributed by atoms with Crippen molar-refractivity contribution in [2.45, 2.75) is 3.29 Å². The molecule has 2 heterocycles. The maximum atomic E-state index is 11.4. The maximum absolute atomic E-state index is 11.4. The third-order valence-electron chi connectivity index (χ3n) is 3.60. The molecule has 0 saturated heterocycles. The van der Waals surface area contributed by atoms with Crippen LogP contribution in [0.5, 0.6) is 0 Å². The fourth-order valence-corrected chi connectivity index (χ4v) is 3.04. The van der Waals surface area contributed by atoms with E-state index in [1.165, 1.54) is 35.2 Å². The van der Waals surface area contributed by atoms with Gasteiger partial charge in [0.05, 0.1) is 0 Å². The van der Waals surface area contributed by atoms with Gasteiger partial charge >= 0.3 is 153 Å². The summed E-state index contributed by atoms with van der Waals surface area (Å²) in [5, 5.41) is 26.3. The van der Waals surface area contributed by atoms with E-state index in [1.54, 1.807) is 12.3 Å². The van der Waals surface area contributed by atoms with Gasteiger partial charge in [-0.25, -0.2) is 0 Å². The van der Waals surface area contributed by atoms with Crippen molar-refractivity contribution in [1.82, 2.24) is 4.57 Å². The Balaban J connectivity index is 2.17. The van der Waals surface area contributed by atoms with Crippen LogP contribution in [0.2, 0.25) is 0 Å². The van der Waals surface area contributed by atoms with Crippen LogP contribution in [0.4, 0.5) is 17.1 Å². The van der Waals surface area contributed by atoms with Gasteiger partial charge in [0.15, 0.2) is 0 Å². The second-order valence-corrected chi connectivity index (χ2v) is 6.33. The van der Waals surface area contributed by atoms with Crippen LogP contribution in [0.25, 0.3) is 5.69 Å². The molecule has 24 heavy (non-hydrogen) atoms. The Bertz CT molecular complexity index is 941. The Labute approximate surface area is 153 Å². The number of amidine groups is 1. The molecule has 1 unspecified atom stereocenters. The molecule has 3 rings (SSSR count). The predicted octanol–water partition coefficient (Wildman–Crippen LogP) is 0.957. The third-order valence-corrected chi connectivity index (χ3v) is 4.44. The molecule has 114 valence electrons. The molecule has 1 atom stereocenters. The average molecular weight is 332 g/mol. The minimum absolute atomic E-state index is 0.0961. The Morgan fingerprint density at radius 3 is 2.67 bits per heavy atom. The molecule has 0 aliphatic carbocycles.